The maximum Gasteiger partial charge on any atom is 0.147 e. The van der Waals surface area contributed by atoms with E-state index in [2.05, 4.69) is 0 Å². The number of aliphatic hydroxyl groups excluding tert-OH is 1. The van der Waals surface area contributed by atoms with E-state index in [-0.39, 0.29) is 17.8 Å². The van der Waals surface area contributed by atoms with Crippen LogP contribution in [0.3, 0.4) is 0 Å². The number of aliphatic hydroxyl groups is 1. The molecule has 1 rings (SSSR count). The molecule has 3 atom stereocenters. The van der Waals surface area contributed by atoms with Crippen molar-refractivity contribution in [1.82, 2.24) is 0 Å². The first-order chi connectivity index (χ1) is 6.90. The molecule has 0 aromatic rings. The summed E-state index contributed by atoms with van der Waals surface area (Å²) in [4.78, 5) is 0. The van der Waals surface area contributed by atoms with E-state index in [1.165, 1.54) is 6.26 Å². The summed E-state index contributed by atoms with van der Waals surface area (Å²) in [6, 6.07) is 0. The van der Waals surface area contributed by atoms with Crippen LogP contribution < -0.4 is 0 Å². The lowest BCUT2D eigenvalue weighted by Crippen LogP contribution is -2.26. The molecule has 3 unspecified atom stereocenters. The lowest BCUT2D eigenvalue weighted by molar-refractivity contribution is 0.0394. The summed E-state index contributed by atoms with van der Waals surface area (Å²) in [7, 11) is -2.90. The standard InChI is InChI=1S/C10H20O4S/c1-8-9(5-6-14-8)10(11)4-3-7-15(2,12)13/h8-11H,3-7H2,1-2H3. The maximum absolute atomic E-state index is 10.9. The molecule has 1 heterocycles. The van der Waals surface area contributed by atoms with Gasteiger partial charge in [0.15, 0.2) is 0 Å². The molecule has 5 heteroatoms. The number of hydrogen-bond acceptors (Lipinski definition) is 4. The van der Waals surface area contributed by atoms with Crippen LogP contribution in [0.15, 0.2) is 0 Å². The molecule has 1 fully saturated rings. The van der Waals surface area contributed by atoms with Gasteiger partial charge in [-0.25, -0.2) is 8.42 Å². The number of ether oxygens (including phenoxy) is 1. The van der Waals surface area contributed by atoms with Gasteiger partial charge in [-0.1, -0.05) is 0 Å². The number of rotatable bonds is 5. The van der Waals surface area contributed by atoms with E-state index in [1.807, 2.05) is 6.92 Å². The minimum absolute atomic E-state index is 0.0956. The Morgan fingerprint density at radius 3 is 2.67 bits per heavy atom. The Hall–Kier alpha value is -0.130. The van der Waals surface area contributed by atoms with E-state index < -0.39 is 15.9 Å². The Morgan fingerprint density at radius 2 is 2.20 bits per heavy atom. The summed E-state index contributed by atoms with van der Waals surface area (Å²) >= 11 is 0. The summed E-state index contributed by atoms with van der Waals surface area (Å²) in [5, 5.41) is 9.84. The molecule has 4 nitrogen and oxygen atoms in total. The lowest BCUT2D eigenvalue weighted by Gasteiger charge is -2.20. The molecule has 0 aliphatic carbocycles. The molecule has 90 valence electrons. The predicted molar refractivity (Wildman–Crippen MR) is 58.5 cm³/mol. The maximum atomic E-state index is 10.9. The van der Waals surface area contributed by atoms with Gasteiger partial charge in [0.2, 0.25) is 0 Å². The monoisotopic (exact) mass is 236 g/mol. The van der Waals surface area contributed by atoms with Crippen molar-refractivity contribution < 1.29 is 18.3 Å². The van der Waals surface area contributed by atoms with Crippen LogP contribution >= 0.6 is 0 Å². The highest BCUT2D eigenvalue weighted by Crippen LogP contribution is 2.26. The van der Waals surface area contributed by atoms with Gasteiger partial charge in [-0.05, 0) is 26.2 Å². The summed E-state index contributed by atoms with van der Waals surface area (Å²) < 4.78 is 27.1. The van der Waals surface area contributed by atoms with Crippen molar-refractivity contribution in [3.8, 4) is 0 Å². The molecule has 0 bridgehead atoms. The predicted octanol–water partition coefficient (Wildman–Crippen LogP) is 0.597. The Kier molecular flexibility index (Phi) is 4.55. The van der Waals surface area contributed by atoms with Crippen LogP contribution in [0.25, 0.3) is 0 Å². The Balaban J connectivity index is 2.27. The largest absolute Gasteiger partial charge is 0.393 e. The van der Waals surface area contributed by atoms with Gasteiger partial charge < -0.3 is 9.84 Å². The van der Waals surface area contributed by atoms with Crippen LogP contribution in [0.1, 0.15) is 26.2 Å². The Labute approximate surface area is 91.6 Å². The average Bonchev–Trinajstić information content (AvgIpc) is 2.48. The topological polar surface area (TPSA) is 63.6 Å². The van der Waals surface area contributed by atoms with Crippen molar-refractivity contribution in [2.24, 2.45) is 5.92 Å². The molecule has 1 saturated heterocycles. The molecule has 0 spiro atoms. The quantitative estimate of drug-likeness (QED) is 0.759. The highest BCUT2D eigenvalue weighted by molar-refractivity contribution is 7.90. The summed E-state index contributed by atoms with van der Waals surface area (Å²) in [5.74, 6) is 0.330. The SMILES string of the molecule is CC1OCCC1C(O)CCCS(C)(=O)=O. The first-order valence-electron chi connectivity index (χ1n) is 5.37. The summed E-state index contributed by atoms with van der Waals surface area (Å²) in [6.45, 7) is 2.66. The molecular formula is C10H20O4S. The van der Waals surface area contributed by atoms with Crippen molar-refractivity contribution in [3.63, 3.8) is 0 Å². The minimum Gasteiger partial charge on any atom is -0.393 e. The fourth-order valence-electron chi connectivity index (χ4n) is 2.02. The van der Waals surface area contributed by atoms with Crippen LogP contribution in [0, 0.1) is 5.92 Å². The number of hydrogen-bond donors (Lipinski definition) is 1. The van der Waals surface area contributed by atoms with E-state index in [0.29, 0.717) is 19.4 Å². The minimum atomic E-state index is -2.90. The van der Waals surface area contributed by atoms with E-state index in [1.54, 1.807) is 0 Å². The normalized spacial score (nSPS) is 29.3. The average molecular weight is 236 g/mol. The number of sulfone groups is 1. The van der Waals surface area contributed by atoms with E-state index in [0.717, 1.165) is 6.42 Å². The van der Waals surface area contributed by atoms with Crippen LogP contribution in [0.4, 0.5) is 0 Å². The Morgan fingerprint density at radius 1 is 1.53 bits per heavy atom. The molecule has 1 aliphatic heterocycles. The van der Waals surface area contributed by atoms with Crippen molar-refractivity contribution in [2.45, 2.75) is 38.4 Å². The second kappa shape index (κ2) is 5.27. The van der Waals surface area contributed by atoms with Gasteiger partial charge in [0.05, 0.1) is 12.2 Å². The fraction of sp³-hybridized carbons (Fsp3) is 1.00. The van der Waals surface area contributed by atoms with Gasteiger partial charge >= 0.3 is 0 Å². The van der Waals surface area contributed by atoms with E-state index in [4.69, 9.17) is 4.74 Å². The summed E-state index contributed by atoms with van der Waals surface area (Å²) in [6.07, 6.45) is 2.85. The van der Waals surface area contributed by atoms with Crippen molar-refractivity contribution in [3.05, 3.63) is 0 Å². The molecule has 0 aromatic heterocycles. The molecule has 0 aromatic carbocycles. The van der Waals surface area contributed by atoms with Gasteiger partial charge in [-0.3, -0.25) is 0 Å². The van der Waals surface area contributed by atoms with Crippen LogP contribution in [0.2, 0.25) is 0 Å². The zero-order valence-electron chi connectivity index (χ0n) is 9.35. The van der Waals surface area contributed by atoms with Crippen molar-refractivity contribution in [1.29, 1.82) is 0 Å². The Bertz CT molecular complexity index is 286. The van der Waals surface area contributed by atoms with Gasteiger partial charge in [-0.2, -0.15) is 0 Å². The first-order valence-corrected chi connectivity index (χ1v) is 7.43. The molecular weight excluding hydrogens is 216 g/mol. The van der Waals surface area contributed by atoms with E-state index in [9.17, 15) is 13.5 Å². The zero-order chi connectivity index (χ0) is 11.5. The van der Waals surface area contributed by atoms with Gasteiger partial charge in [-0.15, -0.1) is 0 Å². The highest BCUT2D eigenvalue weighted by Gasteiger charge is 2.30. The molecule has 15 heavy (non-hydrogen) atoms. The highest BCUT2D eigenvalue weighted by atomic mass is 32.2. The lowest BCUT2D eigenvalue weighted by atomic mass is 9.93. The molecule has 0 saturated carbocycles. The third kappa shape index (κ3) is 4.49. The zero-order valence-corrected chi connectivity index (χ0v) is 10.2. The van der Waals surface area contributed by atoms with Gasteiger partial charge in [0.1, 0.15) is 9.84 Å². The molecule has 1 N–H and O–H groups in total. The van der Waals surface area contributed by atoms with Crippen molar-refractivity contribution in [2.75, 3.05) is 18.6 Å². The van der Waals surface area contributed by atoms with Crippen LogP contribution in [0.5, 0.6) is 0 Å². The van der Waals surface area contributed by atoms with Crippen LogP contribution in [-0.2, 0) is 14.6 Å². The molecule has 0 amide bonds. The van der Waals surface area contributed by atoms with E-state index >= 15 is 0 Å². The summed E-state index contributed by atoms with van der Waals surface area (Å²) in [5.41, 5.74) is 0. The fourth-order valence-corrected chi connectivity index (χ4v) is 2.71. The smallest absolute Gasteiger partial charge is 0.147 e. The third-order valence-electron chi connectivity index (χ3n) is 2.94. The van der Waals surface area contributed by atoms with Gasteiger partial charge in [0, 0.05) is 24.5 Å². The second-order valence-corrected chi connectivity index (χ2v) is 6.63. The third-order valence-corrected chi connectivity index (χ3v) is 3.97. The molecule has 1 aliphatic rings. The second-order valence-electron chi connectivity index (χ2n) is 4.37. The van der Waals surface area contributed by atoms with Crippen molar-refractivity contribution >= 4 is 9.84 Å². The molecule has 0 radical (unpaired) electrons. The van der Waals surface area contributed by atoms with Crippen LogP contribution in [-0.4, -0.2) is 44.3 Å². The first kappa shape index (κ1) is 12.9. The van der Waals surface area contributed by atoms with Gasteiger partial charge in [0.25, 0.3) is 0 Å².